The van der Waals surface area contributed by atoms with Gasteiger partial charge in [0.15, 0.2) is 5.78 Å². The molecule has 0 aliphatic carbocycles. The summed E-state index contributed by atoms with van der Waals surface area (Å²) in [7, 11) is -3.01. The number of aromatic nitrogens is 3. The lowest BCUT2D eigenvalue weighted by Gasteiger charge is -1.99. The van der Waals surface area contributed by atoms with Gasteiger partial charge in [0, 0.05) is 18.7 Å². The number of sulfone groups is 1. The summed E-state index contributed by atoms with van der Waals surface area (Å²) in [6, 6.07) is 0. The van der Waals surface area contributed by atoms with Gasteiger partial charge in [-0.2, -0.15) is 0 Å². The molecule has 18 heavy (non-hydrogen) atoms. The minimum absolute atomic E-state index is 0.0339. The Kier molecular flexibility index (Phi) is 5.42. The second kappa shape index (κ2) is 6.60. The van der Waals surface area contributed by atoms with Gasteiger partial charge in [-0.05, 0) is 6.42 Å². The highest BCUT2D eigenvalue weighted by Crippen LogP contribution is 2.04. The van der Waals surface area contributed by atoms with Gasteiger partial charge in [0.05, 0.1) is 18.5 Å². The monoisotopic (exact) mass is 274 g/mol. The normalized spacial score (nSPS) is 11.7. The van der Waals surface area contributed by atoms with Gasteiger partial charge in [-0.1, -0.05) is 12.1 Å². The number of rotatable bonds is 8. The van der Waals surface area contributed by atoms with E-state index < -0.39 is 9.84 Å². The summed E-state index contributed by atoms with van der Waals surface area (Å²) in [5.41, 5.74) is 5.61. The molecule has 1 aromatic heterocycles. The van der Waals surface area contributed by atoms with Crippen molar-refractivity contribution in [2.75, 3.05) is 18.1 Å². The van der Waals surface area contributed by atoms with Gasteiger partial charge < -0.3 is 5.73 Å². The highest BCUT2D eigenvalue weighted by atomic mass is 32.2. The Balaban J connectivity index is 2.45. The zero-order chi connectivity index (χ0) is 13.6. The zero-order valence-corrected chi connectivity index (χ0v) is 11.2. The van der Waals surface area contributed by atoms with Gasteiger partial charge >= 0.3 is 0 Å². The molecule has 2 N–H and O–H groups in total. The fourth-order valence-corrected chi connectivity index (χ4v) is 2.27. The Labute approximate surface area is 106 Å². The first kappa shape index (κ1) is 14.8. The number of carbonyl (C=O) groups excluding carboxylic acids is 1. The summed E-state index contributed by atoms with van der Waals surface area (Å²) in [5.74, 6) is -0.0513. The molecule has 0 atom stereocenters. The molecule has 1 rings (SSSR count). The molecular weight excluding hydrogens is 256 g/mol. The fourth-order valence-electron chi connectivity index (χ4n) is 1.39. The van der Waals surface area contributed by atoms with Crippen LogP contribution in [0.1, 0.15) is 30.3 Å². The van der Waals surface area contributed by atoms with Crippen molar-refractivity contribution in [3.8, 4) is 0 Å². The van der Waals surface area contributed by atoms with Gasteiger partial charge in [-0.25, -0.2) is 8.42 Å². The average molecular weight is 274 g/mol. The SMILES string of the molecule is CCS(=O)(=O)CCCC(=O)c1cn(CCN)nn1. The molecule has 7 nitrogen and oxygen atoms in total. The summed E-state index contributed by atoms with van der Waals surface area (Å²) < 4.78 is 24.0. The van der Waals surface area contributed by atoms with Crippen molar-refractivity contribution in [3.63, 3.8) is 0 Å². The van der Waals surface area contributed by atoms with Crippen molar-refractivity contribution in [3.05, 3.63) is 11.9 Å². The topological polar surface area (TPSA) is 108 Å². The molecule has 0 aliphatic rings. The van der Waals surface area contributed by atoms with Crippen LogP contribution < -0.4 is 5.73 Å². The molecule has 0 radical (unpaired) electrons. The predicted molar refractivity (Wildman–Crippen MR) is 67.0 cm³/mol. The first-order chi connectivity index (χ1) is 8.48. The van der Waals surface area contributed by atoms with E-state index in [2.05, 4.69) is 10.3 Å². The molecule has 0 saturated carbocycles. The van der Waals surface area contributed by atoms with Gasteiger partial charge in [-0.3, -0.25) is 9.48 Å². The average Bonchev–Trinajstić information content (AvgIpc) is 2.78. The quantitative estimate of drug-likeness (QED) is 0.648. The van der Waals surface area contributed by atoms with E-state index in [4.69, 9.17) is 5.73 Å². The number of nitrogens with zero attached hydrogens (tertiary/aromatic N) is 3. The number of Topliss-reactive ketones (excluding diaryl/α,β-unsaturated/α-hetero) is 1. The molecule has 0 unspecified atom stereocenters. The van der Waals surface area contributed by atoms with Gasteiger partial charge in [0.2, 0.25) is 0 Å². The third kappa shape index (κ3) is 4.53. The summed E-state index contributed by atoms with van der Waals surface area (Å²) in [4.78, 5) is 11.7. The minimum atomic E-state index is -3.01. The van der Waals surface area contributed by atoms with E-state index in [0.29, 0.717) is 19.5 Å². The van der Waals surface area contributed by atoms with E-state index >= 15 is 0 Å². The summed E-state index contributed by atoms with van der Waals surface area (Å²) in [6.07, 6.45) is 2.02. The smallest absolute Gasteiger partial charge is 0.184 e. The predicted octanol–water partition coefficient (Wildman–Crippen LogP) is -0.366. The van der Waals surface area contributed by atoms with Gasteiger partial charge in [0.1, 0.15) is 15.5 Å². The molecule has 0 aliphatic heterocycles. The van der Waals surface area contributed by atoms with E-state index in [1.807, 2.05) is 0 Å². The van der Waals surface area contributed by atoms with E-state index in [0.717, 1.165) is 0 Å². The van der Waals surface area contributed by atoms with Crippen LogP contribution >= 0.6 is 0 Å². The van der Waals surface area contributed by atoms with E-state index in [-0.39, 0.29) is 29.4 Å². The molecule has 102 valence electrons. The van der Waals surface area contributed by atoms with Crippen LogP contribution in [0.2, 0.25) is 0 Å². The Morgan fingerprint density at radius 1 is 1.50 bits per heavy atom. The standard InChI is InChI=1S/C10H18N4O3S/c1-2-18(16,17)7-3-4-10(15)9-8-14(6-5-11)13-12-9/h8H,2-7,11H2,1H3. The highest BCUT2D eigenvalue weighted by Gasteiger charge is 2.13. The minimum Gasteiger partial charge on any atom is -0.329 e. The van der Waals surface area contributed by atoms with Crippen LogP contribution in [0.3, 0.4) is 0 Å². The van der Waals surface area contributed by atoms with Crippen molar-refractivity contribution in [2.24, 2.45) is 5.73 Å². The summed E-state index contributed by atoms with van der Waals surface area (Å²) >= 11 is 0. The lowest BCUT2D eigenvalue weighted by molar-refractivity contribution is 0.0977. The van der Waals surface area contributed by atoms with E-state index in [1.165, 1.54) is 10.9 Å². The number of ketones is 1. The lowest BCUT2D eigenvalue weighted by atomic mass is 10.2. The van der Waals surface area contributed by atoms with E-state index in [9.17, 15) is 13.2 Å². The van der Waals surface area contributed by atoms with Crippen molar-refractivity contribution < 1.29 is 13.2 Å². The molecule has 1 heterocycles. The van der Waals surface area contributed by atoms with Crippen LogP contribution in [0, 0.1) is 0 Å². The second-order valence-corrected chi connectivity index (χ2v) is 6.39. The van der Waals surface area contributed by atoms with Crippen LogP contribution in [-0.2, 0) is 16.4 Å². The number of carbonyl (C=O) groups is 1. The Morgan fingerprint density at radius 2 is 2.22 bits per heavy atom. The molecule has 0 aromatic carbocycles. The molecule has 0 spiro atoms. The van der Waals surface area contributed by atoms with Gasteiger partial charge in [0.25, 0.3) is 0 Å². The van der Waals surface area contributed by atoms with Crippen molar-refractivity contribution >= 4 is 15.6 Å². The lowest BCUT2D eigenvalue weighted by Crippen LogP contribution is -2.11. The van der Waals surface area contributed by atoms with Crippen LogP contribution in [0.15, 0.2) is 6.20 Å². The van der Waals surface area contributed by atoms with Crippen LogP contribution in [0.25, 0.3) is 0 Å². The molecule has 0 amide bonds. The number of nitrogens with two attached hydrogens (primary N) is 1. The molecule has 8 heteroatoms. The second-order valence-electron chi connectivity index (χ2n) is 3.92. The van der Waals surface area contributed by atoms with Crippen molar-refractivity contribution in [2.45, 2.75) is 26.3 Å². The Hall–Kier alpha value is -1.28. The molecular formula is C10H18N4O3S. The zero-order valence-electron chi connectivity index (χ0n) is 10.4. The van der Waals surface area contributed by atoms with Crippen molar-refractivity contribution in [1.82, 2.24) is 15.0 Å². The summed E-state index contributed by atoms with van der Waals surface area (Å²) in [6.45, 7) is 2.52. The number of hydrogen-bond acceptors (Lipinski definition) is 6. The molecule has 0 fully saturated rings. The van der Waals surface area contributed by atoms with Crippen LogP contribution in [0.4, 0.5) is 0 Å². The third-order valence-electron chi connectivity index (χ3n) is 2.48. The van der Waals surface area contributed by atoms with Crippen molar-refractivity contribution in [1.29, 1.82) is 0 Å². The fraction of sp³-hybridized carbons (Fsp3) is 0.700. The maximum absolute atomic E-state index is 11.7. The van der Waals surface area contributed by atoms with Crippen LogP contribution in [0.5, 0.6) is 0 Å². The maximum Gasteiger partial charge on any atom is 0.184 e. The molecule has 0 saturated heterocycles. The first-order valence-electron chi connectivity index (χ1n) is 5.82. The number of hydrogen-bond donors (Lipinski definition) is 1. The van der Waals surface area contributed by atoms with E-state index in [1.54, 1.807) is 6.92 Å². The molecule has 1 aromatic rings. The third-order valence-corrected chi connectivity index (χ3v) is 4.27. The highest BCUT2D eigenvalue weighted by molar-refractivity contribution is 7.91. The summed E-state index contributed by atoms with van der Waals surface area (Å²) in [5, 5.41) is 7.48. The maximum atomic E-state index is 11.7. The first-order valence-corrected chi connectivity index (χ1v) is 7.64. The Bertz CT molecular complexity index is 495. The molecule has 0 bridgehead atoms. The Morgan fingerprint density at radius 3 is 2.83 bits per heavy atom. The van der Waals surface area contributed by atoms with Crippen LogP contribution in [-0.4, -0.2) is 47.2 Å². The largest absolute Gasteiger partial charge is 0.329 e. The van der Waals surface area contributed by atoms with Gasteiger partial charge in [-0.15, -0.1) is 5.10 Å².